The Hall–Kier alpha value is -3.74. The van der Waals surface area contributed by atoms with E-state index in [2.05, 4.69) is 19.7 Å². The zero-order valence-corrected chi connectivity index (χ0v) is 25.7. The van der Waals surface area contributed by atoms with Crippen molar-refractivity contribution >= 4 is 17.3 Å². The zero-order chi connectivity index (χ0) is 32.2. The van der Waals surface area contributed by atoms with Crippen LogP contribution in [0.2, 0.25) is 0 Å². The second-order valence-electron chi connectivity index (χ2n) is 9.74. The van der Waals surface area contributed by atoms with E-state index in [-0.39, 0.29) is 49.9 Å². The summed E-state index contributed by atoms with van der Waals surface area (Å²) in [5, 5.41) is 19.1. The SMILES string of the molecule is COCC(=O)CCC(=O)c1cccc(C)n1.COCC(=O)CCC(O)c1cccc(C)n1.Cc1cccc(C(O)CN)n1. The van der Waals surface area contributed by atoms with Gasteiger partial charge in [0.2, 0.25) is 0 Å². The van der Waals surface area contributed by atoms with E-state index >= 15 is 0 Å². The summed E-state index contributed by atoms with van der Waals surface area (Å²) in [6.07, 6.45) is -0.208. The summed E-state index contributed by atoms with van der Waals surface area (Å²) in [5.41, 5.74) is 9.51. The van der Waals surface area contributed by atoms with Gasteiger partial charge in [-0.1, -0.05) is 18.2 Å². The number of rotatable bonds is 14. The van der Waals surface area contributed by atoms with E-state index in [1.54, 1.807) is 24.3 Å². The number of nitrogens with two attached hydrogens (primary N) is 1. The van der Waals surface area contributed by atoms with Crippen molar-refractivity contribution in [2.75, 3.05) is 34.0 Å². The van der Waals surface area contributed by atoms with Crippen molar-refractivity contribution in [1.82, 2.24) is 15.0 Å². The van der Waals surface area contributed by atoms with Gasteiger partial charge in [-0.05, 0) is 63.6 Å². The number of ketones is 3. The van der Waals surface area contributed by atoms with Crippen molar-refractivity contribution in [1.29, 1.82) is 0 Å². The number of hydrogen-bond acceptors (Lipinski definition) is 11. The molecular formula is C32H44N4O7. The van der Waals surface area contributed by atoms with Gasteiger partial charge in [0.1, 0.15) is 25.0 Å². The van der Waals surface area contributed by atoms with Gasteiger partial charge in [0.25, 0.3) is 0 Å². The van der Waals surface area contributed by atoms with Crippen molar-refractivity contribution in [3.63, 3.8) is 0 Å². The molecule has 3 aromatic rings. The van der Waals surface area contributed by atoms with Gasteiger partial charge in [-0.3, -0.25) is 29.3 Å². The van der Waals surface area contributed by atoms with Crippen LogP contribution in [-0.2, 0) is 19.1 Å². The first-order valence-corrected chi connectivity index (χ1v) is 13.9. The Balaban J connectivity index is 0.000000329. The first-order valence-electron chi connectivity index (χ1n) is 13.9. The van der Waals surface area contributed by atoms with Crippen LogP contribution in [-0.4, -0.2) is 76.5 Å². The summed E-state index contributed by atoms with van der Waals surface area (Å²) >= 11 is 0. The minimum Gasteiger partial charge on any atom is -0.387 e. The highest BCUT2D eigenvalue weighted by atomic mass is 16.5. The summed E-state index contributed by atoms with van der Waals surface area (Å²) < 4.78 is 9.40. The van der Waals surface area contributed by atoms with Crippen LogP contribution in [0.25, 0.3) is 0 Å². The molecule has 234 valence electrons. The molecule has 11 heteroatoms. The van der Waals surface area contributed by atoms with E-state index in [1.165, 1.54) is 14.2 Å². The van der Waals surface area contributed by atoms with Crippen molar-refractivity contribution in [2.45, 2.75) is 58.7 Å². The number of nitrogens with zero attached hydrogens (tertiary/aromatic N) is 3. The minimum absolute atomic E-state index is 0.00537. The summed E-state index contributed by atoms with van der Waals surface area (Å²) in [4.78, 5) is 46.4. The number of aliphatic hydroxyl groups is 2. The molecule has 0 fully saturated rings. The molecule has 0 radical (unpaired) electrons. The van der Waals surface area contributed by atoms with Crippen LogP contribution < -0.4 is 5.73 Å². The monoisotopic (exact) mass is 596 g/mol. The molecule has 4 N–H and O–H groups in total. The Kier molecular flexibility index (Phi) is 18.2. The third kappa shape index (κ3) is 15.9. The fourth-order valence-corrected chi connectivity index (χ4v) is 3.61. The number of carbonyl (C=O) groups is 3. The van der Waals surface area contributed by atoms with Crippen LogP contribution in [0.1, 0.15) is 76.8 Å². The summed E-state index contributed by atoms with van der Waals surface area (Å²) in [5.74, 6) is -0.175. The van der Waals surface area contributed by atoms with Crippen LogP contribution >= 0.6 is 0 Å². The predicted octanol–water partition coefficient (Wildman–Crippen LogP) is 3.37. The summed E-state index contributed by atoms with van der Waals surface area (Å²) in [6.45, 7) is 5.96. The van der Waals surface area contributed by atoms with E-state index < -0.39 is 12.2 Å². The predicted molar refractivity (Wildman–Crippen MR) is 162 cm³/mol. The molecule has 3 rings (SSSR count). The van der Waals surface area contributed by atoms with Gasteiger partial charge in [-0.2, -0.15) is 0 Å². The Morgan fingerprint density at radius 3 is 1.63 bits per heavy atom. The van der Waals surface area contributed by atoms with Crippen molar-refractivity contribution in [3.8, 4) is 0 Å². The molecular weight excluding hydrogens is 552 g/mol. The number of ether oxygens (including phenoxy) is 2. The lowest BCUT2D eigenvalue weighted by Gasteiger charge is -2.09. The lowest BCUT2D eigenvalue weighted by molar-refractivity contribution is -0.123. The average molecular weight is 597 g/mol. The second kappa shape index (κ2) is 21.0. The van der Waals surface area contributed by atoms with Crippen molar-refractivity contribution < 1.29 is 34.1 Å². The normalized spacial score (nSPS) is 11.7. The van der Waals surface area contributed by atoms with Gasteiger partial charge in [0.05, 0.1) is 17.5 Å². The maximum Gasteiger partial charge on any atom is 0.181 e. The maximum absolute atomic E-state index is 11.7. The molecule has 0 aromatic carbocycles. The molecule has 43 heavy (non-hydrogen) atoms. The highest BCUT2D eigenvalue weighted by molar-refractivity contribution is 5.96. The lowest BCUT2D eigenvalue weighted by atomic mass is 10.1. The highest BCUT2D eigenvalue weighted by Crippen LogP contribution is 2.16. The molecule has 2 unspecified atom stereocenters. The Bertz CT molecular complexity index is 1290. The van der Waals surface area contributed by atoms with Crippen LogP contribution in [0.15, 0.2) is 54.6 Å². The smallest absolute Gasteiger partial charge is 0.181 e. The molecule has 11 nitrogen and oxygen atoms in total. The van der Waals surface area contributed by atoms with Gasteiger partial charge in [0, 0.05) is 57.1 Å². The van der Waals surface area contributed by atoms with Gasteiger partial charge >= 0.3 is 0 Å². The number of hydrogen-bond donors (Lipinski definition) is 3. The molecule has 0 aliphatic heterocycles. The summed E-state index contributed by atoms with van der Waals surface area (Å²) in [7, 11) is 2.94. The number of carbonyl (C=O) groups excluding carboxylic acids is 3. The quantitative estimate of drug-likeness (QED) is 0.233. The average Bonchev–Trinajstić information content (AvgIpc) is 2.99. The van der Waals surface area contributed by atoms with E-state index in [1.807, 2.05) is 51.1 Å². The molecule has 0 amide bonds. The van der Waals surface area contributed by atoms with E-state index in [4.69, 9.17) is 10.5 Å². The van der Waals surface area contributed by atoms with E-state index in [0.717, 1.165) is 17.1 Å². The Labute approximate surface area is 253 Å². The lowest BCUT2D eigenvalue weighted by Crippen LogP contribution is -2.13. The fourth-order valence-electron chi connectivity index (χ4n) is 3.61. The van der Waals surface area contributed by atoms with Crippen LogP contribution in [0, 0.1) is 20.8 Å². The number of aryl methyl sites for hydroxylation is 3. The first kappa shape index (κ1) is 37.3. The molecule has 0 spiro atoms. The van der Waals surface area contributed by atoms with Crippen LogP contribution in [0.5, 0.6) is 0 Å². The fraction of sp³-hybridized carbons (Fsp3) is 0.438. The highest BCUT2D eigenvalue weighted by Gasteiger charge is 2.12. The van der Waals surface area contributed by atoms with Gasteiger partial charge in [0.15, 0.2) is 17.3 Å². The number of methoxy groups -OCH3 is 2. The van der Waals surface area contributed by atoms with Crippen molar-refractivity contribution in [2.24, 2.45) is 5.73 Å². The molecule has 0 aliphatic carbocycles. The number of Topliss-reactive ketones (excluding diaryl/α,β-unsaturated/α-hetero) is 3. The minimum atomic E-state index is -0.680. The van der Waals surface area contributed by atoms with Crippen LogP contribution in [0.4, 0.5) is 0 Å². The summed E-state index contributed by atoms with van der Waals surface area (Å²) in [6, 6.07) is 16.3. The Morgan fingerprint density at radius 2 is 1.16 bits per heavy atom. The Morgan fingerprint density at radius 1 is 0.698 bits per heavy atom. The maximum atomic E-state index is 11.7. The first-order chi connectivity index (χ1) is 20.5. The molecule has 0 saturated carbocycles. The number of pyridine rings is 3. The zero-order valence-electron chi connectivity index (χ0n) is 25.7. The standard InChI is InChI=1S/C12H17NO3.C12H15NO3.C8H12N2O/c2*1-9-4-3-5-11(13-9)12(15)7-6-10(14)8-16-2;1-6-3-2-4-7(10-6)8(11)5-9/h3-5,12,15H,6-8H2,1-2H3;3-5H,6-8H2,1-2H3;2-4,8,11H,5,9H2,1H3. The molecule has 0 aliphatic rings. The topological polar surface area (TPSA) is 175 Å². The molecule has 3 aromatic heterocycles. The van der Waals surface area contributed by atoms with E-state index in [0.29, 0.717) is 29.9 Å². The van der Waals surface area contributed by atoms with E-state index in [9.17, 15) is 24.6 Å². The largest absolute Gasteiger partial charge is 0.387 e. The third-order valence-electron chi connectivity index (χ3n) is 5.84. The molecule has 2 atom stereocenters. The second-order valence-corrected chi connectivity index (χ2v) is 9.74. The number of aromatic nitrogens is 3. The third-order valence-corrected chi connectivity index (χ3v) is 5.84. The number of aliphatic hydroxyl groups excluding tert-OH is 2. The van der Waals surface area contributed by atoms with Crippen LogP contribution in [0.3, 0.4) is 0 Å². The van der Waals surface area contributed by atoms with Gasteiger partial charge in [-0.25, -0.2) is 0 Å². The molecule has 0 bridgehead atoms. The van der Waals surface area contributed by atoms with Gasteiger partial charge < -0.3 is 25.4 Å². The molecule has 3 heterocycles. The van der Waals surface area contributed by atoms with Gasteiger partial charge in [-0.15, -0.1) is 0 Å². The van der Waals surface area contributed by atoms with Crippen molar-refractivity contribution in [3.05, 3.63) is 88.8 Å². The molecule has 0 saturated heterocycles.